The van der Waals surface area contributed by atoms with Crippen molar-refractivity contribution in [2.24, 2.45) is 5.84 Å². The zero-order valence-electron chi connectivity index (χ0n) is 8.02. The van der Waals surface area contributed by atoms with Gasteiger partial charge in [0.05, 0.1) is 7.57 Å². The number of nitrogens with two attached hydrogens (primary N) is 1. The van der Waals surface area contributed by atoms with Crippen LogP contribution in [0.4, 0.5) is 0 Å². The van der Waals surface area contributed by atoms with E-state index in [1.807, 2.05) is 0 Å². The summed E-state index contributed by atoms with van der Waals surface area (Å²) >= 11 is 8.70. The van der Waals surface area contributed by atoms with E-state index in [1.54, 1.807) is 11.3 Å². The lowest BCUT2D eigenvalue weighted by molar-refractivity contribution is 0.495. The van der Waals surface area contributed by atoms with Crippen molar-refractivity contribution in [2.45, 2.75) is 32.2 Å². The molecule has 0 amide bonds. The molecule has 1 aromatic rings. The van der Waals surface area contributed by atoms with Crippen molar-refractivity contribution in [2.75, 3.05) is 0 Å². The Bertz CT molecular complexity index is 288. The summed E-state index contributed by atoms with van der Waals surface area (Å²) in [6, 6.07) is 2.38. The molecule has 0 spiro atoms. The van der Waals surface area contributed by atoms with Crippen LogP contribution in [0.3, 0.4) is 0 Å². The predicted octanol–water partition coefficient (Wildman–Crippen LogP) is 3.97. The number of halogens is 2. The van der Waals surface area contributed by atoms with Gasteiger partial charge >= 0.3 is 0 Å². The molecular formula is C9H14Br2N2S. The SMILES string of the molecule is CCCCC(NN)c1cc(Br)sc1Br. The quantitative estimate of drug-likeness (QED) is 0.628. The highest BCUT2D eigenvalue weighted by Crippen LogP contribution is 2.36. The van der Waals surface area contributed by atoms with Crippen molar-refractivity contribution < 1.29 is 0 Å². The predicted molar refractivity (Wildman–Crippen MR) is 69.3 cm³/mol. The third kappa shape index (κ3) is 3.31. The maximum atomic E-state index is 5.54. The summed E-state index contributed by atoms with van der Waals surface area (Å²) in [4.78, 5) is 0. The molecular weight excluding hydrogens is 328 g/mol. The number of rotatable bonds is 5. The number of unbranched alkanes of at least 4 members (excludes halogenated alkanes) is 1. The van der Waals surface area contributed by atoms with Crippen molar-refractivity contribution in [1.29, 1.82) is 0 Å². The van der Waals surface area contributed by atoms with E-state index in [9.17, 15) is 0 Å². The summed E-state index contributed by atoms with van der Waals surface area (Å²) in [7, 11) is 0. The van der Waals surface area contributed by atoms with Gasteiger partial charge in [0, 0.05) is 6.04 Å². The van der Waals surface area contributed by atoms with Crippen LogP contribution < -0.4 is 11.3 Å². The Morgan fingerprint density at radius 2 is 2.29 bits per heavy atom. The Morgan fingerprint density at radius 3 is 2.71 bits per heavy atom. The van der Waals surface area contributed by atoms with Gasteiger partial charge in [0.1, 0.15) is 0 Å². The Balaban J connectivity index is 2.72. The maximum absolute atomic E-state index is 5.54. The number of hydrogen-bond donors (Lipinski definition) is 2. The topological polar surface area (TPSA) is 38.0 Å². The molecule has 0 fully saturated rings. The van der Waals surface area contributed by atoms with Gasteiger partial charge in [-0.25, -0.2) is 0 Å². The van der Waals surface area contributed by atoms with E-state index < -0.39 is 0 Å². The number of thiophene rings is 1. The van der Waals surface area contributed by atoms with Crippen molar-refractivity contribution >= 4 is 43.2 Å². The second kappa shape index (κ2) is 6.23. The summed E-state index contributed by atoms with van der Waals surface area (Å²) in [5, 5.41) is 0. The van der Waals surface area contributed by atoms with Crippen LogP contribution >= 0.6 is 43.2 Å². The minimum atomic E-state index is 0.256. The van der Waals surface area contributed by atoms with Gasteiger partial charge in [-0.05, 0) is 49.9 Å². The van der Waals surface area contributed by atoms with Gasteiger partial charge in [0.25, 0.3) is 0 Å². The molecule has 1 atom stereocenters. The van der Waals surface area contributed by atoms with Gasteiger partial charge in [-0.3, -0.25) is 11.3 Å². The smallest absolute Gasteiger partial charge is 0.0758 e. The first-order valence-electron chi connectivity index (χ1n) is 4.59. The highest BCUT2D eigenvalue weighted by Gasteiger charge is 2.15. The molecule has 0 aromatic carbocycles. The molecule has 5 heteroatoms. The third-order valence-electron chi connectivity index (χ3n) is 2.11. The molecule has 1 heterocycles. The molecule has 0 saturated heterocycles. The summed E-state index contributed by atoms with van der Waals surface area (Å²) in [6.07, 6.45) is 3.46. The average Bonchev–Trinajstić information content (AvgIpc) is 2.47. The van der Waals surface area contributed by atoms with E-state index in [4.69, 9.17) is 5.84 Å². The molecule has 80 valence electrons. The van der Waals surface area contributed by atoms with E-state index in [2.05, 4.69) is 50.3 Å². The fourth-order valence-electron chi connectivity index (χ4n) is 1.33. The standard InChI is InChI=1S/C9H14Br2N2S/c1-2-3-4-7(13-12)6-5-8(10)14-9(6)11/h5,7,13H,2-4,12H2,1H3. The van der Waals surface area contributed by atoms with Crippen LogP contribution in [-0.4, -0.2) is 0 Å². The third-order valence-corrected chi connectivity index (χ3v) is 4.49. The molecule has 1 rings (SSSR count). The second-order valence-corrected chi connectivity index (χ2v) is 6.89. The Morgan fingerprint density at radius 1 is 1.57 bits per heavy atom. The summed E-state index contributed by atoms with van der Waals surface area (Å²) in [5.41, 5.74) is 4.11. The van der Waals surface area contributed by atoms with Crippen LogP contribution in [0.15, 0.2) is 13.6 Å². The van der Waals surface area contributed by atoms with Crippen LogP contribution in [0.5, 0.6) is 0 Å². The maximum Gasteiger partial charge on any atom is 0.0758 e. The van der Waals surface area contributed by atoms with E-state index >= 15 is 0 Å². The molecule has 1 aromatic heterocycles. The molecule has 14 heavy (non-hydrogen) atoms. The molecule has 0 aliphatic carbocycles. The van der Waals surface area contributed by atoms with Gasteiger partial charge in [-0.2, -0.15) is 0 Å². The second-order valence-electron chi connectivity index (χ2n) is 3.14. The molecule has 0 aliphatic rings. The van der Waals surface area contributed by atoms with Crippen LogP contribution in [0.25, 0.3) is 0 Å². The average molecular weight is 342 g/mol. The lowest BCUT2D eigenvalue weighted by Crippen LogP contribution is -2.27. The normalized spacial score (nSPS) is 13.1. The van der Waals surface area contributed by atoms with Gasteiger partial charge in [0.2, 0.25) is 0 Å². The van der Waals surface area contributed by atoms with Crippen LogP contribution in [-0.2, 0) is 0 Å². The largest absolute Gasteiger partial charge is 0.271 e. The molecule has 0 bridgehead atoms. The molecule has 2 nitrogen and oxygen atoms in total. The van der Waals surface area contributed by atoms with Crippen LogP contribution in [0.1, 0.15) is 37.8 Å². The minimum Gasteiger partial charge on any atom is -0.271 e. The van der Waals surface area contributed by atoms with Gasteiger partial charge in [-0.1, -0.05) is 19.8 Å². The highest BCUT2D eigenvalue weighted by atomic mass is 79.9. The number of hydrazine groups is 1. The first-order valence-corrected chi connectivity index (χ1v) is 7.00. The first-order chi connectivity index (χ1) is 6.69. The van der Waals surface area contributed by atoms with Crippen molar-refractivity contribution in [3.8, 4) is 0 Å². The molecule has 3 N–H and O–H groups in total. The highest BCUT2D eigenvalue weighted by molar-refractivity contribution is 9.12. The minimum absolute atomic E-state index is 0.256. The fraction of sp³-hybridized carbons (Fsp3) is 0.556. The van der Waals surface area contributed by atoms with E-state index in [-0.39, 0.29) is 6.04 Å². The number of nitrogens with one attached hydrogen (secondary N) is 1. The van der Waals surface area contributed by atoms with E-state index in [1.165, 1.54) is 18.4 Å². The zero-order valence-corrected chi connectivity index (χ0v) is 12.0. The molecule has 0 radical (unpaired) electrons. The van der Waals surface area contributed by atoms with E-state index in [0.717, 1.165) is 14.0 Å². The zero-order chi connectivity index (χ0) is 10.6. The lowest BCUT2D eigenvalue weighted by atomic mass is 10.1. The summed E-state index contributed by atoms with van der Waals surface area (Å²) < 4.78 is 2.29. The van der Waals surface area contributed by atoms with Crippen molar-refractivity contribution in [3.05, 3.63) is 19.2 Å². The van der Waals surface area contributed by atoms with Gasteiger partial charge in [-0.15, -0.1) is 11.3 Å². The molecule has 0 aliphatic heterocycles. The van der Waals surface area contributed by atoms with E-state index in [0.29, 0.717) is 0 Å². The fourth-order valence-corrected chi connectivity index (χ4v) is 4.30. The van der Waals surface area contributed by atoms with Crippen LogP contribution in [0.2, 0.25) is 0 Å². The molecule has 0 saturated carbocycles. The lowest BCUT2D eigenvalue weighted by Gasteiger charge is -2.14. The Kier molecular flexibility index (Phi) is 5.62. The molecule has 1 unspecified atom stereocenters. The summed E-state index contributed by atoms with van der Waals surface area (Å²) in [5.74, 6) is 5.54. The van der Waals surface area contributed by atoms with Crippen molar-refractivity contribution in [1.82, 2.24) is 5.43 Å². The Labute approximate surface area is 105 Å². The first kappa shape index (κ1) is 12.6. The summed E-state index contributed by atoms with van der Waals surface area (Å²) in [6.45, 7) is 2.19. The monoisotopic (exact) mass is 340 g/mol. The number of hydrogen-bond acceptors (Lipinski definition) is 3. The Hall–Kier alpha value is 0.580. The van der Waals surface area contributed by atoms with Gasteiger partial charge in [0.15, 0.2) is 0 Å². The van der Waals surface area contributed by atoms with Crippen molar-refractivity contribution in [3.63, 3.8) is 0 Å². The van der Waals surface area contributed by atoms with Gasteiger partial charge < -0.3 is 0 Å². The van der Waals surface area contributed by atoms with Crippen LogP contribution in [0, 0.1) is 0 Å².